The van der Waals surface area contributed by atoms with E-state index in [1.54, 1.807) is 25.4 Å². The number of methoxy groups -OCH3 is 1. The summed E-state index contributed by atoms with van der Waals surface area (Å²) in [6.07, 6.45) is 3.58. The number of ether oxygens (including phenoxy) is 1. The minimum Gasteiger partial charge on any atom is -0.495 e. The van der Waals surface area contributed by atoms with Crippen molar-refractivity contribution in [1.82, 2.24) is 19.7 Å². The first-order valence-corrected chi connectivity index (χ1v) is 10.6. The van der Waals surface area contributed by atoms with Crippen molar-refractivity contribution in [2.75, 3.05) is 12.4 Å². The molecule has 1 amide bonds. The number of hydrogen-bond donors (Lipinski definition) is 1. The summed E-state index contributed by atoms with van der Waals surface area (Å²) in [7, 11) is 1.55. The first-order valence-electron chi connectivity index (χ1n) is 9.29. The van der Waals surface area contributed by atoms with E-state index >= 15 is 0 Å². The van der Waals surface area contributed by atoms with Crippen LogP contribution in [0, 0.1) is 0 Å². The van der Waals surface area contributed by atoms with Gasteiger partial charge in [-0.1, -0.05) is 40.7 Å². The molecule has 4 aromatic rings. The molecule has 0 unspecified atom stereocenters. The zero-order chi connectivity index (χ0) is 21.6. The van der Waals surface area contributed by atoms with Crippen LogP contribution in [0.3, 0.4) is 0 Å². The fourth-order valence-corrected chi connectivity index (χ4v) is 3.76. The maximum Gasteiger partial charge on any atom is 0.237 e. The lowest BCUT2D eigenvalue weighted by Crippen LogP contribution is -2.15. The predicted molar refractivity (Wildman–Crippen MR) is 118 cm³/mol. The molecule has 10 heteroatoms. The Hall–Kier alpha value is -3.30. The minimum absolute atomic E-state index is 0.00832. The number of nitrogens with one attached hydrogen (secondary N) is 1. The molecule has 0 atom stereocenters. The van der Waals surface area contributed by atoms with Gasteiger partial charge in [0.05, 0.1) is 25.0 Å². The number of carbonyl (C=O) groups is 1. The molecule has 4 rings (SSSR count). The van der Waals surface area contributed by atoms with E-state index in [2.05, 4.69) is 20.4 Å². The third kappa shape index (κ3) is 5.25. The molecule has 8 nitrogen and oxygen atoms in total. The number of aromatic nitrogens is 4. The second-order valence-electron chi connectivity index (χ2n) is 6.37. The van der Waals surface area contributed by atoms with Crippen LogP contribution in [-0.2, 0) is 17.0 Å². The van der Waals surface area contributed by atoms with Crippen LogP contribution in [0.25, 0.3) is 5.69 Å². The van der Waals surface area contributed by atoms with Gasteiger partial charge in [0.15, 0.2) is 11.0 Å². The van der Waals surface area contributed by atoms with Gasteiger partial charge < -0.3 is 14.6 Å². The normalized spacial score (nSPS) is 10.8. The Balaban J connectivity index is 1.35. The number of thioether (sulfide) groups is 1. The van der Waals surface area contributed by atoms with Crippen LogP contribution < -0.4 is 10.1 Å². The van der Waals surface area contributed by atoms with E-state index in [4.69, 9.17) is 20.9 Å². The van der Waals surface area contributed by atoms with E-state index in [-0.39, 0.29) is 12.3 Å². The van der Waals surface area contributed by atoms with E-state index in [0.717, 1.165) is 10.8 Å². The molecule has 0 saturated heterocycles. The van der Waals surface area contributed by atoms with Gasteiger partial charge in [-0.15, -0.1) is 0 Å². The summed E-state index contributed by atoms with van der Waals surface area (Å²) < 4.78 is 12.5. The number of imidazole rings is 1. The number of anilines is 1. The molecule has 0 aliphatic rings. The SMILES string of the molecule is COc1ccccc1NC(=O)Cc1noc(CSc2nccn2-c2ccc(Cl)cc2)n1. The fraction of sp³-hybridized carbons (Fsp3) is 0.143. The quantitative estimate of drug-likeness (QED) is 0.393. The number of amides is 1. The third-order valence-electron chi connectivity index (χ3n) is 4.25. The van der Waals surface area contributed by atoms with Crippen LogP contribution in [0.15, 0.2) is 70.6 Å². The van der Waals surface area contributed by atoms with E-state index in [9.17, 15) is 4.79 Å². The van der Waals surface area contributed by atoms with Gasteiger partial charge in [0.2, 0.25) is 11.8 Å². The molecular weight excluding hydrogens is 438 g/mol. The molecule has 0 aliphatic heterocycles. The zero-order valence-electron chi connectivity index (χ0n) is 16.5. The van der Waals surface area contributed by atoms with Gasteiger partial charge in [0, 0.05) is 23.1 Å². The minimum atomic E-state index is -0.261. The van der Waals surface area contributed by atoms with Crippen LogP contribution in [0.4, 0.5) is 5.69 Å². The molecular formula is C21H18ClN5O3S. The second-order valence-corrected chi connectivity index (χ2v) is 7.75. The van der Waals surface area contributed by atoms with E-state index in [1.807, 2.05) is 47.2 Å². The highest BCUT2D eigenvalue weighted by atomic mass is 35.5. The van der Waals surface area contributed by atoms with Crippen LogP contribution in [0.1, 0.15) is 11.7 Å². The summed E-state index contributed by atoms with van der Waals surface area (Å²) in [5.74, 6) is 1.46. The van der Waals surface area contributed by atoms with Gasteiger partial charge in [-0.3, -0.25) is 9.36 Å². The Morgan fingerprint density at radius 1 is 1.23 bits per heavy atom. The molecule has 1 N–H and O–H groups in total. The largest absolute Gasteiger partial charge is 0.495 e. The standard InChI is InChI=1S/C21H18ClN5O3S/c1-29-17-5-3-2-4-16(17)24-19(28)12-18-25-20(30-26-18)13-31-21-23-10-11-27(21)15-8-6-14(22)7-9-15/h2-11H,12-13H2,1H3,(H,24,28). The molecule has 0 fully saturated rings. The van der Waals surface area contributed by atoms with Crippen molar-refractivity contribution in [3.8, 4) is 11.4 Å². The molecule has 2 heterocycles. The molecule has 158 valence electrons. The van der Waals surface area contributed by atoms with Crippen LogP contribution >= 0.6 is 23.4 Å². The van der Waals surface area contributed by atoms with Crippen LogP contribution in [-0.4, -0.2) is 32.7 Å². The molecule has 0 radical (unpaired) electrons. The Kier molecular flexibility index (Phi) is 6.54. The molecule has 2 aromatic heterocycles. The Bertz CT molecular complexity index is 1180. The lowest BCUT2D eigenvalue weighted by Gasteiger charge is -2.08. The van der Waals surface area contributed by atoms with Gasteiger partial charge in [-0.25, -0.2) is 4.98 Å². The van der Waals surface area contributed by atoms with Crippen LogP contribution in [0.2, 0.25) is 5.02 Å². The van der Waals surface area contributed by atoms with Crippen molar-refractivity contribution >= 4 is 35.0 Å². The predicted octanol–water partition coefficient (Wildman–Crippen LogP) is 4.39. The molecule has 0 aliphatic carbocycles. The topological polar surface area (TPSA) is 95.1 Å². The van der Waals surface area contributed by atoms with Gasteiger partial charge in [0.1, 0.15) is 5.75 Å². The zero-order valence-corrected chi connectivity index (χ0v) is 18.1. The highest BCUT2D eigenvalue weighted by molar-refractivity contribution is 7.98. The number of hydrogen-bond acceptors (Lipinski definition) is 7. The van der Waals surface area contributed by atoms with Gasteiger partial charge >= 0.3 is 0 Å². The van der Waals surface area contributed by atoms with Crippen molar-refractivity contribution < 1.29 is 14.1 Å². The highest BCUT2D eigenvalue weighted by Crippen LogP contribution is 2.25. The number of nitrogens with zero attached hydrogens (tertiary/aromatic N) is 4. The maximum atomic E-state index is 12.3. The smallest absolute Gasteiger partial charge is 0.237 e. The highest BCUT2D eigenvalue weighted by Gasteiger charge is 2.14. The first kappa shape index (κ1) is 21.0. The summed E-state index contributed by atoms with van der Waals surface area (Å²) >= 11 is 7.41. The first-order chi connectivity index (χ1) is 15.1. The Morgan fingerprint density at radius 3 is 2.84 bits per heavy atom. The van der Waals surface area contributed by atoms with E-state index in [0.29, 0.717) is 33.9 Å². The van der Waals surface area contributed by atoms with E-state index < -0.39 is 0 Å². The second kappa shape index (κ2) is 9.67. The maximum absolute atomic E-state index is 12.3. The van der Waals surface area contributed by atoms with Crippen molar-refractivity contribution in [2.24, 2.45) is 0 Å². The molecule has 0 bridgehead atoms. The number of carbonyl (C=O) groups excluding carboxylic acids is 1. The summed E-state index contributed by atoms with van der Waals surface area (Å²) in [4.78, 5) is 21.0. The summed E-state index contributed by atoms with van der Waals surface area (Å²) in [6, 6.07) is 14.7. The molecule has 0 spiro atoms. The Morgan fingerprint density at radius 2 is 2.03 bits per heavy atom. The van der Waals surface area contributed by atoms with Crippen molar-refractivity contribution in [3.05, 3.63) is 77.7 Å². The summed E-state index contributed by atoms with van der Waals surface area (Å²) in [6.45, 7) is 0. The van der Waals surface area contributed by atoms with Gasteiger partial charge in [-0.2, -0.15) is 4.98 Å². The average Bonchev–Trinajstić information content (AvgIpc) is 3.42. The number of para-hydroxylation sites is 2. The molecule has 2 aromatic carbocycles. The lowest BCUT2D eigenvalue weighted by molar-refractivity contribution is -0.115. The lowest BCUT2D eigenvalue weighted by atomic mass is 10.2. The summed E-state index contributed by atoms with van der Waals surface area (Å²) in [5.41, 5.74) is 1.53. The van der Waals surface area contributed by atoms with Crippen LogP contribution in [0.5, 0.6) is 5.75 Å². The fourth-order valence-electron chi connectivity index (χ4n) is 2.83. The van der Waals surface area contributed by atoms with Gasteiger partial charge in [0.25, 0.3) is 0 Å². The molecule has 0 saturated carbocycles. The van der Waals surface area contributed by atoms with Crippen molar-refractivity contribution in [2.45, 2.75) is 17.3 Å². The number of rotatable bonds is 8. The monoisotopic (exact) mass is 455 g/mol. The summed E-state index contributed by atoms with van der Waals surface area (Å²) in [5, 5.41) is 8.13. The van der Waals surface area contributed by atoms with E-state index in [1.165, 1.54) is 11.8 Å². The Labute approximate surface area is 187 Å². The van der Waals surface area contributed by atoms with Crippen molar-refractivity contribution in [1.29, 1.82) is 0 Å². The number of halogens is 1. The van der Waals surface area contributed by atoms with Crippen molar-refractivity contribution in [3.63, 3.8) is 0 Å². The average molecular weight is 456 g/mol. The van der Waals surface area contributed by atoms with Gasteiger partial charge in [-0.05, 0) is 36.4 Å². The third-order valence-corrected chi connectivity index (χ3v) is 5.45. The molecule has 31 heavy (non-hydrogen) atoms. The number of benzene rings is 2.